The minimum atomic E-state index is -0.960. The second-order valence-electron chi connectivity index (χ2n) is 7.97. The molecule has 13 heteroatoms. The number of nitrogen functional groups attached to an aromatic ring is 1. The molecule has 3 heterocycles. The van der Waals surface area contributed by atoms with Crippen LogP contribution in [0.2, 0.25) is 0 Å². The zero-order valence-corrected chi connectivity index (χ0v) is 20.0. The number of halogens is 3. The molecule has 37 heavy (non-hydrogen) atoms. The second-order valence-corrected chi connectivity index (χ2v) is 8.95. The average molecular weight is 528 g/mol. The van der Waals surface area contributed by atoms with Gasteiger partial charge >= 0.3 is 6.03 Å². The van der Waals surface area contributed by atoms with Crippen molar-refractivity contribution >= 4 is 39.8 Å². The maximum absolute atomic E-state index is 14.7. The molecular formula is C24H20F3N7O2S. The number of carbonyl (C=O) groups is 1. The zero-order valence-electron chi connectivity index (χ0n) is 19.2. The number of carbonyl (C=O) groups excluding carboxylic acids is 1. The minimum absolute atomic E-state index is 0.0792. The van der Waals surface area contributed by atoms with Crippen LogP contribution in [0.3, 0.4) is 0 Å². The lowest BCUT2D eigenvalue weighted by atomic mass is 10.1. The molecule has 2 aromatic carbocycles. The molecule has 0 atom stereocenters. The Labute approximate surface area is 213 Å². The summed E-state index contributed by atoms with van der Waals surface area (Å²) in [5.74, 6) is -2.37. The fourth-order valence-electron chi connectivity index (χ4n) is 3.70. The molecule has 2 aromatic heterocycles. The van der Waals surface area contributed by atoms with Gasteiger partial charge in [-0.25, -0.2) is 32.9 Å². The first-order chi connectivity index (χ1) is 17.9. The highest BCUT2D eigenvalue weighted by molar-refractivity contribution is 7.19. The first kappa shape index (κ1) is 24.5. The Bertz CT molecular complexity index is 1460. The smallest absolute Gasteiger partial charge is 0.323 e. The number of morpholine rings is 1. The number of ether oxygens (including phenoxy) is 1. The van der Waals surface area contributed by atoms with Crippen molar-refractivity contribution in [3.63, 3.8) is 0 Å². The molecule has 0 spiro atoms. The Balaban J connectivity index is 1.48. The number of thiazole rings is 1. The molecule has 0 unspecified atom stereocenters. The number of benzene rings is 2. The van der Waals surface area contributed by atoms with Crippen LogP contribution in [-0.2, 0) is 4.74 Å². The Morgan fingerprint density at radius 1 is 0.973 bits per heavy atom. The molecule has 0 aliphatic carbocycles. The number of hydrogen-bond donors (Lipinski definition) is 3. The molecule has 0 radical (unpaired) electrons. The molecule has 1 aliphatic heterocycles. The molecule has 5 rings (SSSR count). The predicted octanol–water partition coefficient (Wildman–Crippen LogP) is 4.75. The van der Waals surface area contributed by atoms with E-state index in [1.807, 2.05) is 0 Å². The zero-order chi connectivity index (χ0) is 25.9. The maximum atomic E-state index is 14.7. The third-order valence-corrected chi connectivity index (χ3v) is 6.64. The van der Waals surface area contributed by atoms with Gasteiger partial charge in [0.2, 0.25) is 5.95 Å². The van der Waals surface area contributed by atoms with Crippen molar-refractivity contribution in [2.75, 3.05) is 47.6 Å². The highest BCUT2D eigenvalue weighted by atomic mass is 32.1. The standard InChI is InChI=1S/C24H20F3N7O2S/c25-14-2-4-17(16(27)12-14)31-23(35)32-19-11-13(1-3-15(19)26)21-20(18-5-6-29-22(28)30-18)33-24(37-21)34-7-9-36-10-8-34/h1-6,11-12H,7-10H2,(H2,28,29,30)(H2,31,32,35). The lowest BCUT2D eigenvalue weighted by Gasteiger charge is -2.26. The van der Waals surface area contributed by atoms with E-state index >= 15 is 0 Å². The van der Waals surface area contributed by atoms with Gasteiger partial charge in [-0.1, -0.05) is 17.4 Å². The van der Waals surface area contributed by atoms with Gasteiger partial charge in [0.25, 0.3) is 0 Å². The molecule has 0 bridgehead atoms. The summed E-state index contributed by atoms with van der Waals surface area (Å²) < 4.78 is 47.1. The summed E-state index contributed by atoms with van der Waals surface area (Å²) in [7, 11) is 0. The van der Waals surface area contributed by atoms with Crippen molar-refractivity contribution in [2.24, 2.45) is 0 Å². The van der Waals surface area contributed by atoms with Gasteiger partial charge in [-0.3, -0.25) is 0 Å². The first-order valence-electron chi connectivity index (χ1n) is 11.1. The monoisotopic (exact) mass is 527 g/mol. The van der Waals surface area contributed by atoms with Crippen molar-refractivity contribution in [3.05, 3.63) is 66.1 Å². The summed E-state index contributed by atoms with van der Waals surface area (Å²) in [6.07, 6.45) is 1.52. The summed E-state index contributed by atoms with van der Waals surface area (Å²) in [5.41, 5.74) is 6.97. The van der Waals surface area contributed by atoms with Gasteiger partial charge in [0.1, 0.15) is 23.1 Å². The molecule has 1 fully saturated rings. The molecule has 4 N–H and O–H groups in total. The number of rotatable bonds is 5. The molecule has 1 aliphatic rings. The largest absolute Gasteiger partial charge is 0.378 e. The summed E-state index contributed by atoms with van der Waals surface area (Å²) in [6.45, 7) is 2.46. The highest BCUT2D eigenvalue weighted by Gasteiger charge is 2.22. The molecule has 9 nitrogen and oxygen atoms in total. The number of amides is 2. The number of hydrogen-bond acceptors (Lipinski definition) is 8. The number of nitrogens with zero attached hydrogens (tertiary/aromatic N) is 4. The van der Waals surface area contributed by atoms with Crippen molar-refractivity contribution < 1.29 is 22.7 Å². The SMILES string of the molecule is Nc1nccc(-c2nc(N3CCOCC3)sc2-c2ccc(F)c(NC(=O)Nc3ccc(F)cc3F)c2)n1. The Kier molecular flexibility index (Phi) is 6.88. The summed E-state index contributed by atoms with van der Waals surface area (Å²) in [4.78, 5) is 28.2. The van der Waals surface area contributed by atoms with Gasteiger partial charge < -0.3 is 26.0 Å². The Morgan fingerprint density at radius 2 is 1.76 bits per heavy atom. The Hall–Kier alpha value is -4.23. The fraction of sp³-hybridized carbons (Fsp3) is 0.167. The van der Waals surface area contributed by atoms with Crippen molar-refractivity contribution in [1.29, 1.82) is 0 Å². The van der Waals surface area contributed by atoms with E-state index in [0.717, 1.165) is 17.3 Å². The normalized spacial score (nSPS) is 13.4. The summed E-state index contributed by atoms with van der Waals surface area (Å²) in [5, 5.41) is 5.35. The highest BCUT2D eigenvalue weighted by Crippen LogP contribution is 2.41. The van der Waals surface area contributed by atoms with Crippen molar-refractivity contribution in [3.8, 4) is 21.8 Å². The topological polar surface area (TPSA) is 118 Å². The quantitative estimate of drug-likeness (QED) is 0.343. The van der Waals surface area contributed by atoms with Crippen LogP contribution in [0.4, 0.5) is 40.4 Å². The summed E-state index contributed by atoms with van der Waals surface area (Å²) in [6, 6.07) is 7.68. The van der Waals surface area contributed by atoms with Gasteiger partial charge in [-0.15, -0.1) is 0 Å². The third-order valence-electron chi connectivity index (χ3n) is 5.47. The number of anilines is 4. The molecule has 0 saturated carbocycles. The lowest BCUT2D eigenvalue weighted by molar-refractivity contribution is 0.122. The van der Waals surface area contributed by atoms with E-state index in [4.69, 9.17) is 15.5 Å². The number of nitrogens with two attached hydrogens (primary N) is 1. The van der Waals surface area contributed by atoms with Crippen LogP contribution in [0.1, 0.15) is 0 Å². The van der Waals surface area contributed by atoms with Gasteiger partial charge in [0.05, 0.1) is 35.2 Å². The van der Waals surface area contributed by atoms with E-state index in [-0.39, 0.29) is 17.3 Å². The molecular weight excluding hydrogens is 507 g/mol. The third kappa shape index (κ3) is 5.47. The predicted molar refractivity (Wildman–Crippen MR) is 135 cm³/mol. The van der Waals surface area contributed by atoms with Crippen LogP contribution < -0.4 is 21.3 Å². The maximum Gasteiger partial charge on any atom is 0.323 e. The molecule has 2 amide bonds. The van der Waals surface area contributed by atoms with Gasteiger partial charge in [0, 0.05) is 25.4 Å². The fourth-order valence-corrected chi connectivity index (χ4v) is 4.83. The lowest BCUT2D eigenvalue weighted by Crippen LogP contribution is -2.36. The van der Waals surface area contributed by atoms with Crippen LogP contribution in [0.15, 0.2) is 48.7 Å². The first-order valence-corrected chi connectivity index (χ1v) is 11.9. The van der Waals surface area contributed by atoms with Crippen LogP contribution in [0.25, 0.3) is 21.8 Å². The average Bonchev–Trinajstić information content (AvgIpc) is 3.33. The van der Waals surface area contributed by atoms with Crippen LogP contribution in [0.5, 0.6) is 0 Å². The molecule has 190 valence electrons. The van der Waals surface area contributed by atoms with E-state index in [0.29, 0.717) is 54.2 Å². The molecule has 1 saturated heterocycles. The Morgan fingerprint density at radius 3 is 2.51 bits per heavy atom. The summed E-state index contributed by atoms with van der Waals surface area (Å²) >= 11 is 1.38. The van der Waals surface area contributed by atoms with Gasteiger partial charge in [0.15, 0.2) is 5.13 Å². The van der Waals surface area contributed by atoms with Crippen molar-refractivity contribution in [1.82, 2.24) is 15.0 Å². The van der Waals surface area contributed by atoms with E-state index in [2.05, 4.69) is 25.5 Å². The van der Waals surface area contributed by atoms with Crippen LogP contribution in [-0.4, -0.2) is 47.3 Å². The van der Waals surface area contributed by atoms with Crippen LogP contribution in [0, 0.1) is 17.5 Å². The van der Waals surface area contributed by atoms with Crippen molar-refractivity contribution in [2.45, 2.75) is 0 Å². The van der Waals surface area contributed by atoms with E-state index in [1.54, 1.807) is 12.1 Å². The number of aromatic nitrogens is 3. The minimum Gasteiger partial charge on any atom is -0.378 e. The number of nitrogens with one attached hydrogen (secondary N) is 2. The number of urea groups is 1. The van der Waals surface area contributed by atoms with E-state index < -0.39 is 23.5 Å². The van der Waals surface area contributed by atoms with E-state index in [1.165, 1.54) is 29.7 Å². The molecule has 4 aromatic rings. The second kappa shape index (κ2) is 10.4. The van der Waals surface area contributed by atoms with E-state index in [9.17, 15) is 18.0 Å². The van der Waals surface area contributed by atoms with Gasteiger partial charge in [-0.05, 0) is 35.9 Å². The van der Waals surface area contributed by atoms with Gasteiger partial charge in [-0.2, -0.15) is 0 Å². The van der Waals surface area contributed by atoms with Crippen LogP contribution >= 0.6 is 11.3 Å².